The molecule has 0 bridgehead atoms. The van der Waals surface area contributed by atoms with E-state index in [0.717, 1.165) is 12.1 Å². The number of nitrogens with one attached hydrogen (secondary N) is 1. The van der Waals surface area contributed by atoms with Crippen LogP contribution in [0.15, 0.2) is 42.5 Å². The molecule has 2 heteroatoms. The third-order valence-electron chi connectivity index (χ3n) is 3.35. The van der Waals surface area contributed by atoms with Gasteiger partial charge in [0.25, 0.3) is 0 Å². The molecule has 0 aliphatic carbocycles. The van der Waals surface area contributed by atoms with Gasteiger partial charge in [-0.1, -0.05) is 49.4 Å². The fourth-order valence-corrected chi connectivity index (χ4v) is 2.49. The minimum absolute atomic E-state index is 0.257. The number of hydrogen-bond donors (Lipinski definition) is 1. The van der Waals surface area contributed by atoms with Gasteiger partial charge in [-0.25, -0.2) is 0 Å². The third-order valence-corrected chi connectivity index (χ3v) is 3.35. The molecule has 0 spiro atoms. The Balaban J connectivity index is 2.11. The van der Waals surface area contributed by atoms with Crippen LogP contribution >= 0.6 is 0 Å². The van der Waals surface area contributed by atoms with Crippen molar-refractivity contribution in [1.29, 1.82) is 0 Å². The van der Waals surface area contributed by atoms with Crippen LogP contribution in [-0.4, -0.2) is 18.4 Å². The summed E-state index contributed by atoms with van der Waals surface area (Å²) in [5.74, 6) is 0.296. The average Bonchev–Trinajstić information content (AvgIpc) is 2.39. The van der Waals surface area contributed by atoms with Crippen molar-refractivity contribution in [3.05, 3.63) is 48.0 Å². The number of rotatable bonds is 6. The van der Waals surface area contributed by atoms with Crippen molar-refractivity contribution in [2.75, 3.05) is 6.54 Å². The molecule has 1 N–H and O–H groups in total. The largest absolute Gasteiger partial charge is 0.314 e. The van der Waals surface area contributed by atoms with E-state index in [-0.39, 0.29) is 6.04 Å². The summed E-state index contributed by atoms with van der Waals surface area (Å²) >= 11 is 0. The summed E-state index contributed by atoms with van der Waals surface area (Å²) in [5, 5.41) is 5.67. The van der Waals surface area contributed by atoms with Crippen LogP contribution in [0.25, 0.3) is 10.8 Å². The monoisotopic (exact) mass is 255 g/mol. The quantitative estimate of drug-likeness (QED) is 0.857. The molecule has 1 unspecified atom stereocenters. The van der Waals surface area contributed by atoms with E-state index in [4.69, 9.17) is 0 Å². The normalized spacial score (nSPS) is 12.5. The van der Waals surface area contributed by atoms with Crippen molar-refractivity contribution in [2.24, 2.45) is 0 Å². The second kappa shape index (κ2) is 6.48. The standard InChI is InChI=1S/C17H21NO/c1-3-18-13(2)11-16(19)12-15-9-6-8-14-7-4-5-10-17(14)15/h4-10,13,18H,3,11-12H2,1-2H3. The Hall–Kier alpha value is -1.67. The van der Waals surface area contributed by atoms with Gasteiger partial charge in [-0.3, -0.25) is 4.79 Å². The van der Waals surface area contributed by atoms with Crippen LogP contribution in [0.4, 0.5) is 0 Å². The van der Waals surface area contributed by atoms with Gasteiger partial charge in [0.1, 0.15) is 5.78 Å². The molecule has 0 aromatic heterocycles. The van der Waals surface area contributed by atoms with Crippen LogP contribution in [0.5, 0.6) is 0 Å². The molecule has 0 saturated heterocycles. The molecule has 2 rings (SSSR count). The summed E-state index contributed by atoms with van der Waals surface area (Å²) in [4.78, 5) is 12.1. The lowest BCUT2D eigenvalue weighted by Gasteiger charge is -2.11. The number of hydrogen-bond acceptors (Lipinski definition) is 2. The first-order chi connectivity index (χ1) is 9.20. The Morgan fingerprint density at radius 3 is 2.68 bits per heavy atom. The molecular formula is C17H21NO. The van der Waals surface area contributed by atoms with E-state index >= 15 is 0 Å². The van der Waals surface area contributed by atoms with Crippen molar-refractivity contribution in [1.82, 2.24) is 5.32 Å². The van der Waals surface area contributed by atoms with E-state index in [9.17, 15) is 4.79 Å². The first kappa shape index (κ1) is 13.8. The molecule has 0 aliphatic heterocycles. The molecule has 0 radical (unpaired) electrons. The summed E-state index contributed by atoms with van der Waals surface area (Å²) in [7, 11) is 0. The summed E-state index contributed by atoms with van der Waals surface area (Å²) in [6, 6.07) is 14.7. The lowest BCUT2D eigenvalue weighted by molar-refractivity contribution is -0.118. The second-order valence-corrected chi connectivity index (χ2v) is 5.02. The van der Waals surface area contributed by atoms with Crippen molar-refractivity contribution < 1.29 is 4.79 Å². The number of carbonyl (C=O) groups is 1. The predicted octanol–water partition coefficient (Wildman–Crippen LogP) is 3.34. The van der Waals surface area contributed by atoms with E-state index < -0.39 is 0 Å². The molecule has 0 heterocycles. The van der Waals surface area contributed by atoms with E-state index in [1.54, 1.807) is 0 Å². The van der Waals surface area contributed by atoms with Crippen LogP contribution in [-0.2, 0) is 11.2 Å². The first-order valence-electron chi connectivity index (χ1n) is 6.92. The second-order valence-electron chi connectivity index (χ2n) is 5.02. The highest BCUT2D eigenvalue weighted by atomic mass is 16.1. The van der Waals surface area contributed by atoms with Gasteiger partial charge in [0.05, 0.1) is 0 Å². The maximum atomic E-state index is 12.1. The molecule has 2 aromatic carbocycles. The Morgan fingerprint density at radius 2 is 1.89 bits per heavy atom. The smallest absolute Gasteiger partial charge is 0.138 e. The molecule has 1 atom stereocenters. The lowest BCUT2D eigenvalue weighted by Crippen LogP contribution is -2.28. The average molecular weight is 255 g/mol. The number of ketones is 1. The van der Waals surface area contributed by atoms with Crippen molar-refractivity contribution in [3.8, 4) is 0 Å². The van der Waals surface area contributed by atoms with Gasteiger partial charge in [0.2, 0.25) is 0 Å². The summed E-state index contributed by atoms with van der Waals surface area (Å²) in [5.41, 5.74) is 1.13. The summed E-state index contributed by atoms with van der Waals surface area (Å²) in [6.07, 6.45) is 1.12. The lowest BCUT2D eigenvalue weighted by atomic mass is 9.98. The molecule has 2 nitrogen and oxygen atoms in total. The van der Waals surface area contributed by atoms with Crippen LogP contribution in [0.1, 0.15) is 25.8 Å². The Bertz CT molecular complexity index is 557. The fraction of sp³-hybridized carbons (Fsp3) is 0.353. The van der Waals surface area contributed by atoms with Gasteiger partial charge in [-0.2, -0.15) is 0 Å². The fourth-order valence-electron chi connectivity index (χ4n) is 2.49. The maximum absolute atomic E-state index is 12.1. The molecule has 0 saturated carbocycles. The van der Waals surface area contributed by atoms with Gasteiger partial charge in [0, 0.05) is 18.9 Å². The highest BCUT2D eigenvalue weighted by Gasteiger charge is 2.10. The first-order valence-corrected chi connectivity index (χ1v) is 6.92. The van der Waals surface area contributed by atoms with Gasteiger partial charge in [-0.15, -0.1) is 0 Å². The van der Waals surface area contributed by atoms with Crippen molar-refractivity contribution in [3.63, 3.8) is 0 Å². The number of fused-ring (bicyclic) bond motifs is 1. The molecule has 0 amide bonds. The van der Waals surface area contributed by atoms with Gasteiger partial charge in [-0.05, 0) is 29.8 Å². The molecule has 19 heavy (non-hydrogen) atoms. The number of Topliss-reactive ketones (excluding diaryl/α,β-unsaturated/α-hetero) is 1. The zero-order valence-corrected chi connectivity index (χ0v) is 11.6. The van der Waals surface area contributed by atoms with Crippen LogP contribution < -0.4 is 5.32 Å². The molecule has 0 aliphatic rings. The maximum Gasteiger partial charge on any atom is 0.138 e. The Morgan fingerprint density at radius 1 is 1.16 bits per heavy atom. The van der Waals surface area contributed by atoms with Gasteiger partial charge in [0.15, 0.2) is 0 Å². The van der Waals surface area contributed by atoms with E-state index in [1.807, 2.05) is 18.2 Å². The minimum atomic E-state index is 0.257. The van der Waals surface area contributed by atoms with Crippen LogP contribution in [0, 0.1) is 0 Å². The molecule has 0 fully saturated rings. The Labute approximate surface area is 114 Å². The number of carbonyl (C=O) groups excluding carboxylic acids is 1. The summed E-state index contributed by atoms with van der Waals surface area (Å²) in [6.45, 7) is 5.03. The van der Waals surface area contributed by atoms with Crippen molar-refractivity contribution >= 4 is 16.6 Å². The zero-order valence-electron chi connectivity index (χ0n) is 11.6. The summed E-state index contributed by atoms with van der Waals surface area (Å²) < 4.78 is 0. The predicted molar refractivity (Wildman–Crippen MR) is 80.4 cm³/mol. The van der Waals surface area contributed by atoms with E-state index in [1.165, 1.54) is 10.8 Å². The van der Waals surface area contributed by atoms with Crippen molar-refractivity contribution in [2.45, 2.75) is 32.7 Å². The number of benzene rings is 2. The minimum Gasteiger partial charge on any atom is -0.314 e. The topological polar surface area (TPSA) is 29.1 Å². The Kier molecular flexibility index (Phi) is 4.69. The van der Waals surface area contributed by atoms with Crippen LogP contribution in [0.3, 0.4) is 0 Å². The third kappa shape index (κ3) is 3.65. The highest BCUT2D eigenvalue weighted by molar-refractivity contribution is 5.91. The van der Waals surface area contributed by atoms with Gasteiger partial charge >= 0.3 is 0 Å². The molecule has 2 aromatic rings. The molecular weight excluding hydrogens is 234 g/mol. The van der Waals surface area contributed by atoms with E-state index in [0.29, 0.717) is 18.6 Å². The SMILES string of the molecule is CCNC(C)CC(=O)Cc1cccc2ccccc12. The van der Waals surface area contributed by atoms with E-state index in [2.05, 4.69) is 43.4 Å². The highest BCUT2D eigenvalue weighted by Crippen LogP contribution is 2.19. The molecule has 100 valence electrons. The van der Waals surface area contributed by atoms with Crippen LogP contribution in [0.2, 0.25) is 0 Å². The zero-order chi connectivity index (χ0) is 13.7. The van der Waals surface area contributed by atoms with Gasteiger partial charge < -0.3 is 5.32 Å².